The zero-order valence-corrected chi connectivity index (χ0v) is 18.1. The Morgan fingerprint density at radius 2 is 1.74 bits per heavy atom. The monoisotopic (exact) mass is 433 g/mol. The van der Waals surface area contributed by atoms with Crippen molar-refractivity contribution in [1.29, 1.82) is 0 Å². The van der Waals surface area contributed by atoms with E-state index in [2.05, 4.69) is 29.6 Å². The van der Waals surface area contributed by atoms with Gasteiger partial charge in [0.15, 0.2) is 0 Å². The summed E-state index contributed by atoms with van der Waals surface area (Å²) in [6, 6.07) is 22.3. The molecule has 1 N–H and O–H groups in total. The standard InChI is InChI=1S/C25H24ClN3O2/c1-18-6-8-19(9-7-18)17-28-14-3-15-29(25(28)31)23-5-2-4-20(16-23)24(30)27-22-12-10-21(26)11-13-22/h2,4-13,16H,3,14-15,17H2,1H3,(H,27,30). The van der Waals surface area contributed by atoms with E-state index in [0.29, 0.717) is 29.4 Å². The van der Waals surface area contributed by atoms with E-state index < -0.39 is 0 Å². The Bertz CT molecular complexity index is 1080. The average Bonchev–Trinajstić information content (AvgIpc) is 2.78. The SMILES string of the molecule is Cc1ccc(CN2CCCN(c3cccc(C(=O)Nc4ccc(Cl)cc4)c3)C2=O)cc1. The van der Waals surface area contributed by atoms with Crippen LogP contribution in [0.5, 0.6) is 0 Å². The molecule has 4 rings (SSSR count). The number of rotatable bonds is 5. The number of urea groups is 1. The third-order valence-corrected chi connectivity index (χ3v) is 5.58. The lowest BCUT2D eigenvalue weighted by Crippen LogP contribution is -2.49. The molecule has 0 saturated carbocycles. The molecule has 0 aromatic heterocycles. The number of halogens is 1. The van der Waals surface area contributed by atoms with E-state index in [-0.39, 0.29) is 11.9 Å². The van der Waals surface area contributed by atoms with Crippen molar-refractivity contribution in [3.63, 3.8) is 0 Å². The summed E-state index contributed by atoms with van der Waals surface area (Å²) in [4.78, 5) is 29.4. The van der Waals surface area contributed by atoms with Crippen LogP contribution < -0.4 is 10.2 Å². The molecule has 0 radical (unpaired) electrons. The van der Waals surface area contributed by atoms with E-state index in [9.17, 15) is 9.59 Å². The van der Waals surface area contributed by atoms with E-state index in [4.69, 9.17) is 11.6 Å². The number of hydrogen-bond acceptors (Lipinski definition) is 2. The van der Waals surface area contributed by atoms with Crippen LogP contribution in [0.15, 0.2) is 72.8 Å². The normalized spacial score (nSPS) is 13.9. The van der Waals surface area contributed by atoms with Crippen molar-refractivity contribution in [2.24, 2.45) is 0 Å². The van der Waals surface area contributed by atoms with Gasteiger partial charge >= 0.3 is 6.03 Å². The number of hydrogen-bond donors (Lipinski definition) is 1. The minimum absolute atomic E-state index is 0.0397. The Kier molecular flexibility index (Phi) is 6.23. The van der Waals surface area contributed by atoms with Gasteiger partial charge in [0.1, 0.15) is 0 Å². The summed E-state index contributed by atoms with van der Waals surface area (Å²) in [5, 5.41) is 3.47. The second-order valence-corrected chi connectivity index (χ2v) is 8.14. The number of aryl methyl sites for hydroxylation is 1. The third-order valence-electron chi connectivity index (χ3n) is 5.33. The van der Waals surface area contributed by atoms with Gasteiger partial charge in [-0.1, -0.05) is 47.5 Å². The van der Waals surface area contributed by atoms with Crippen LogP contribution in [0.25, 0.3) is 0 Å². The molecule has 5 nitrogen and oxygen atoms in total. The van der Waals surface area contributed by atoms with Gasteiger partial charge in [0.05, 0.1) is 0 Å². The van der Waals surface area contributed by atoms with Crippen LogP contribution in [0, 0.1) is 6.92 Å². The van der Waals surface area contributed by atoms with E-state index in [1.165, 1.54) is 5.56 Å². The van der Waals surface area contributed by atoms with Crippen LogP contribution >= 0.6 is 11.6 Å². The molecule has 0 unspecified atom stereocenters. The van der Waals surface area contributed by atoms with Crippen LogP contribution in [-0.2, 0) is 6.54 Å². The lowest BCUT2D eigenvalue weighted by molar-refractivity contribution is 0.102. The summed E-state index contributed by atoms with van der Waals surface area (Å²) >= 11 is 5.90. The van der Waals surface area contributed by atoms with E-state index in [1.807, 2.05) is 17.9 Å². The van der Waals surface area contributed by atoms with Gasteiger partial charge in [-0.3, -0.25) is 9.69 Å². The predicted octanol–water partition coefficient (Wildman–Crippen LogP) is 5.73. The minimum Gasteiger partial charge on any atom is -0.322 e. The van der Waals surface area contributed by atoms with Gasteiger partial charge in [-0.25, -0.2) is 4.79 Å². The molecule has 6 heteroatoms. The van der Waals surface area contributed by atoms with Crippen LogP contribution in [0.1, 0.15) is 27.9 Å². The highest BCUT2D eigenvalue weighted by atomic mass is 35.5. The fourth-order valence-electron chi connectivity index (χ4n) is 3.63. The molecule has 1 saturated heterocycles. The summed E-state index contributed by atoms with van der Waals surface area (Å²) in [5.41, 5.74) is 4.19. The molecule has 0 bridgehead atoms. The fraction of sp³-hybridized carbons (Fsp3) is 0.200. The molecule has 1 heterocycles. The number of nitrogens with one attached hydrogen (secondary N) is 1. The topological polar surface area (TPSA) is 52.6 Å². The van der Waals surface area contributed by atoms with Crippen molar-refractivity contribution in [3.05, 3.63) is 94.5 Å². The first-order valence-electron chi connectivity index (χ1n) is 10.3. The summed E-state index contributed by atoms with van der Waals surface area (Å²) in [5.74, 6) is -0.231. The molecular weight excluding hydrogens is 410 g/mol. The van der Waals surface area contributed by atoms with Crippen LogP contribution in [0.3, 0.4) is 0 Å². The number of carbonyl (C=O) groups excluding carboxylic acids is 2. The molecule has 3 aromatic rings. The second-order valence-electron chi connectivity index (χ2n) is 7.71. The summed E-state index contributed by atoms with van der Waals surface area (Å²) in [6.07, 6.45) is 0.874. The van der Waals surface area contributed by atoms with Gasteiger partial charge in [0.2, 0.25) is 0 Å². The highest BCUT2D eigenvalue weighted by molar-refractivity contribution is 6.30. The molecule has 158 valence electrons. The van der Waals surface area contributed by atoms with Crippen LogP contribution in [0.4, 0.5) is 16.2 Å². The van der Waals surface area contributed by atoms with Crippen LogP contribution in [0.2, 0.25) is 5.02 Å². The van der Waals surface area contributed by atoms with Crippen molar-refractivity contribution in [2.45, 2.75) is 19.9 Å². The maximum absolute atomic E-state index is 13.1. The highest BCUT2D eigenvalue weighted by Gasteiger charge is 2.27. The van der Waals surface area contributed by atoms with Gasteiger partial charge in [-0.15, -0.1) is 0 Å². The highest BCUT2D eigenvalue weighted by Crippen LogP contribution is 2.23. The lowest BCUT2D eigenvalue weighted by Gasteiger charge is -2.36. The van der Waals surface area contributed by atoms with Crippen molar-refractivity contribution in [1.82, 2.24) is 4.90 Å². The number of carbonyl (C=O) groups is 2. The summed E-state index contributed by atoms with van der Waals surface area (Å²) in [6.45, 7) is 3.98. The molecule has 31 heavy (non-hydrogen) atoms. The lowest BCUT2D eigenvalue weighted by atomic mass is 10.1. The Labute approximate surface area is 187 Å². The fourth-order valence-corrected chi connectivity index (χ4v) is 3.76. The first kappa shape index (κ1) is 20.9. The summed E-state index contributed by atoms with van der Waals surface area (Å²) in [7, 11) is 0. The average molecular weight is 434 g/mol. The maximum atomic E-state index is 13.1. The Balaban J connectivity index is 1.48. The second kappa shape index (κ2) is 9.23. The van der Waals surface area contributed by atoms with Gasteiger partial charge in [-0.05, 0) is 61.4 Å². The number of amides is 3. The molecule has 0 spiro atoms. The quantitative estimate of drug-likeness (QED) is 0.558. The molecule has 0 aliphatic carbocycles. The van der Waals surface area contributed by atoms with Gasteiger partial charge in [0.25, 0.3) is 5.91 Å². The molecule has 1 fully saturated rings. The van der Waals surface area contributed by atoms with Gasteiger partial charge in [0, 0.05) is 41.6 Å². The minimum atomic E-state index is -0.231. The van der Waals surface area contributed by atoms with E-state index >= 15 is 0 Å². The molecule has 3 aromatic carbocycles. The van der Waals surface area contributed by atoms with Crippen molar-refractivity contribution in [3.8, 4) is 0 Å². The first-order chi connectivity index (χ1) is 15.0. The molecule has 3 amide bonds. The van der Waals surface area contributed by atoms with E-state index in [0.717, 1.165) is 24.2 Å². The zero-order valence-electron chi connectivity index (χ0n) is 17.3. The number of anilines is 2. The van der Waals surface area contributed by atoms with Crippen molar-refractivity contribution >= 4 is 34.9 Å². The largest absolute Gasteiger partial charge is 0.324 e. The Hall–Kier alpha value is -3.31. The molecule has 1 aliphatic rings. The van der Waals surface area contributed by atoms with Gasteiger partial charge in [-0.2, -0.15) is 0 Å². The first-order valence-corrected chi connectivity index (χ1v) is 10.7. The van der Waals surface area contributed by atoms with Gasteiger partial charge < -0.3 is 10.2 Å². The maximum Gasteiger partial charge on any atom is 0.324 e. The molecule has 1 aliphatic heterocycles. The smallest absolute Gasteiger partial charge is 0.322 e. The number of nitrogens with zero attached hydrogens (tertiary/aromatic N) is 2. The van der Waals surface area contributed by atoms with E-state index in [1.54, 1.807) is 47.4 Å². The predicted molar refractivity (Wildman–Crippen MR) is 125 cm³/mol. The Morgan fingerprint density at radius 3 is 2.48 bits per heavy atom. The molecular formula is C25H24ClN3O2. The molecule has 0 atom stereocenters. The van der Waals surface area contributed by atoms with Crippen molar-refractivity contribution < 1.29 is 9.59 Å². The van der Waals surface area contributed by atoms with Crippen molar-refractivity contribution in [2.75, 3.05) is 23.3 Å². The summed E-state index contributed by atoms with van der Waals surface area (Å²) < 4.78 is 0. The third kappa shape index (κ3) is 5.06. The Morgan fingerprint density at radius 1 is 1.00 bits per heavy atom. The van der Waals surface area contributed by atoms with Crippen LogP contribution in [-0.4, -0.2) is 29.9 Å². The zero-order chi connectivity index (χ0) is 21.8. The number of benzene rings is 3.